The molecule has 0 amide bonds. The molecule has 0 bridgehead atoms. The van der Waals surface area contributed by atoms with Crippen LogP contribution in [0.5, 0.6) is 11.5 Å². The number of pyridine rings is 1. The highest BCUT2D eigenvalue weighted by atomic mass is 79.9. The fraction of sp³-hybridized carbons (Fsp3) is 0.214. The van der Waals surface area contributed by atoms with Gasteiger partial charge in [-0.05, 0) is 35.4 Å². The van der Waals surface area contributed by atoms with E-state index in [1.165, 1.54) is 0 Å². The fourth-order valence-electron chi connectivity index (χ4n) is 1.86. The molecule has 4 nitrogen and oxygen atoms in total. The number of rotatable bonds is 4. The summed E-state index contributed by atoms with van der Waals surface area (Å²) in [6, 6.07) is 7.28. The summed E-state index contributed by atoms with van der Waals surface area (Å²) in [4.78, 5) is 3.99. The Hall–Kier alpha value is -1.59. The minimum atomic E-state index is -0.253. The van der Waals surface area contributed by atoms with Crippen LogP contribution in [0.3, 0.4) is 0 Å². The van der Waals surface area contributed by atoms with E-state index in [9.17, 15) is 0 Å². The van der Waals surface area contributed by atoms with Crippen molar-refractivity contribution in [2.45, 2.75) is 6.04 Å². The number of nitrogens with two attached hydrogens (primary N) is 1. The van der Waals surface area contributed by atoms with Crippen molar-refractivity contribution in [1.82, 2.24) is 4.98 Å². The van der Waals surface area contributed by atoms with E-state index in [1.807, 2.05) is 24.3 Å². The van der Waals surface area contributed by atoms with Crippen LogP contribution in [0.2, 0.25) is 0 Å². The number of halogens is 1. The maximum absolute atomic E-state index is 6.28. The standard InChI is InChI=1S/C14H15BrN2O2/c1-18-12-7-10(11(15)8-13(12)19-2)14(16)9-3-5-17-6-4-9/h3-8,14H,16H2,1-2H3. The zero-order valence-electron chi connectivity index (χ0n) is 10.8. The van der Waals surface area contributed by atoms with Crippen molar-refractivity contribution < 1.29 is 9.47 Å². The molecular weight excluding hydrogens is 308 g/mol. The number of ether oxygens (including phenoxy) is 2. The molecule has 2 aromatic rings. The van der Waals surface area contributed by atoms with Gasteiger partial charge in [0.1, 0.15) is 0 Å². The first-order valence-corrected chi connectivity index (χ1v) is 6.53. The van der Waals surface area contributed by atoms with Crippen LogP contribution >= 0.6 is 15.9 Å². The molecule has 0 fully saturated rings. The number of hydrogen-bond donors (Lipinski definition) is 1. The molecule has 1 heterocycles. The lowest BCUT2D eigenvalue weighted by Gasteiger charge is -2.17. The SMILES string of the molecule is COc1cc(Br)c(C(N)c2ccncc2)cc1OC. The van der Waals surface area contributed by atoms with Gasteiger partial charge in [0, 0.05) is 16.9 Å². The molecule has 5 heteroatoms. The van der Waals surface area contributed by atoms with E-state index in [-0.39, 0.29) is 6.04 Å². The molecule has 0 saturated carbocycles. The lowest BCUT2D eigenvalue weighted by atomic mass is 10.0. The molecule has 0 aliphatic heterocycles. The third kappa shape index (κ3) is 2.88. The van der Waals surface area contributed by atoms with Crippen LogP contribution in [0.4, 0.5) is 0 Å². The predicted octanol–water partition coefficient (Wildman–Crippen LogP) is 2.91. The predicted molar refractivity (Wildman–Crippen MR) is 77.5 cm³/mol. The van der Waals surface area contributed by atoms with Crippen molar-refractivity contribution in [2.75, 3.05) is 14.2 Å². The summed E-state index contributed by atoms with van der Waals surface area (Å²) in [6.07, 6.45) is 3.45. The van der Waals surface area contributed by atoms with Crippen molar-refractivity contribution in [3.05, 3.63) is 52.3 Å². The van der Waals surface area contributed by atoms with Gasteiger partial charge in [0.15, 0.2) is 11.5 Å². The minimum absolute atomic E-state index is 0.253. The topological polar surface area (TPSA) is 57.4 Å². The van der Waals surface area contributed by atoms with Crippen LogP contribution in [0.15, 0.2) is 41.1 Å². The van der Waals surface area contributed by atoms with Gasteiger partial charge < -0.3 is 15.2 Å². The average Bonchev–Trinajstić information content (AvgIpc) is 2.47. The van der Waals surface area contributed by atoms with E-state index < -0.39 is 0 Å². The molecule has 1 unspecified atom stereocenters. The first-order chi connectivity index (χ1) is 9.17. The van der Waals surface area contributed by atoms with Gasteiger partial charge in [-0.1, -0.05) is 15.9 Å². The highest BCUT2D eigenvalue weighted by Gasteiger charge is 2.16. The number of methoxy groups -OCH3 is 2. The zero-order valence-corrected chi connectivity index (χ0v) is 12.3. The maximum Gasteiger partial charge on any atom is 0.161 e. The van der Waals surface area contributed by atoms with Crippen LogP contribution < -0.4 is 15.2 Å². The molecule has 19 heavy (non-hydrogen) atoms. The molecule has 0 spiro atoms. The molecule has 1 atom stereocenters. The average molecular weight is 323 g/mol. The molecule has 0 aliphatic carbocycles. The first kappa shape index (κ1) is 13.8. The van der Waals surface area contributed by atoms with E-state index in [0.29, 0.717) is 11.5 Å². The Bertz CT molecular complexity index is 561. The molecule has 0 radical (unpaired) electrons. The second-order valence-electron chi connectivity index (χ2n) is 3.99. The smallest absolute Gasteiger partial charge is 0.161 e. The van der Waals surface area contributed by atoms with E-state index >= 15 is 0 Å². The quantitative estimate of drug-likeness (QED) is 0.940. The Kier molecular flexibility index (Phi) is 4.39. The van der Waals surface area contributed by atoms with Gasteiger partial charge in [-0.25, -0.2) is 0 Å². The Morgan fingerprint density at radius 3 is 2.26 bits per heavy atom. The van der Waals surface area contributed by atoms with Gasteiger partial charge in [-0.2, -0.15) is 0 Å². The Morgan fingerprint density at radius 2 is 1.68 bits per heavy atom. The summed E-state index contributed by atoms with van der Waals surface area (Å²) < 4.78 is 11.4. The lowest BCUT2D eigenvalue weighted by molar-refractivity contribution is 0.354. The summed E-state index contributed by atoms with van der Waals surface area (Å²) in [5.74, 6) is 1.32. The summed E-state index contributed by atoms with van der Waals surface area (Å²) in [6.45, 7) is 0. The fourth-order valence-corrected chi connectivity index (χ4v) is 2.43. The Balaban J connectivity index is 2.45. The second kappa shape index (κ2) is 6.04. The number of hydrogen-bond acceptors (Lipinski definition) is 4. The molecule has 0 aliphatic rings. The normalized spacial score (nSPS) is 12.0. The van der Waals surface area contributed by atoms with Gasteiger partial charge in [0.25, 0.3) is 0 Å². The number of nitrogens with zero attached hydrogens (tertiary/aromatic N) is 1. The highest BCUT2D eigenvalue weighted by molar-refractivity contribution is 9.10. The molecular formula is C14H15BrN2O2. The van der Waals surface area contributed by atoms with Gasteiger partial charge in [-0.15, -0.1) is 0 Å². The van der Waals surface area contributed by atoms with Crippen molar-refractivity contribution in [2.24, 2.45) is 5.73 Å². The van der Waals surface area contributed by atoms with Gasteiger partial charge >= 0.3 is 0 Å². The van der Waals surface area contributed by atoms with E-state index in [2.05, 4.69) is 20.9 Å². The van der Waals surface area contributed by atoms with Crippen LogP contribution in [0, 0.1) is 0 Å². The van der Waals surface area contributed by atoms with Gasteiger partial charge in [-0.3, -0.25) is 4.98 Å². The second-order valence-corrected chi connectivity index (χ2v) is 4.84. The molecule has 2 N–H and O–H groups in total. The van der Waals surface area contributed by atoms with E-state index in [0.717, 1.165) is 15.6 Å². The van der Waals surface area contributed by atoms with Crippen LogP contribution in [0.1, 0.15) is 17.2 Å². The van der Waals surface area contributed by atoms with Crippen LogP contribution in [0.25, 0.3) is 0 Å². The van der Waals surface area contributed by atoms with E-state index in [1.54, 1.807) is 26.6 Å². The number of aromatic nitrogens is 1. The van der Waals surface area contributed by atoms with Gasteiger partial charge in [0.05, 0.1) is 20.3 Å². The molecule has 1 aromatic heterocycles. The lowest BCUT2D eigenvalue weighted by Crippen LogP contribution is -2.13. The third-order valence-electron chi connectivity index (χ3n) is 2.90. The summed E-state index contributed by atoms with van der Waals surface area (Å²) in [5.41, 5.74) is 8.20. The summed E-state index contributed by atoms with van der Waals surface area (Å²) in [5, 5.41) is 0. The van der Waals surface area contributed by atoms with Crippen molar-refractivity contribution in [3.8, 4) is 11.5 Å². The molecule has 0 saturated heterocycles. The van der Waals surface area contributed by atoms with E-state index in [4.69, 9.17) is 15.2 Å². The third-order valence-corrected chi connectivity index (χ3v) is 3.59. The highest BCUT2D eigenvalue weighted by Crippen LogP contribution is 2.36. The molecule has 1 aromatic carbocycles. The van der Waals surface area contributed by atoms with Crippen molar-refractivity contribution >= 4 is 15.9 Å². The van der Waals surface area contributed by atoms with Gasteiger partial charge in [0.2, 0.25) is 0 Å². The molecule has 2 rings (SSSR count). The first-order valence-electron chi connectivity index (χ1n) is 5.74. The van der Waals surface area contributed by atoms with Crippen LogP contribution in [-0.2, 0) is 0 Å². The minimum Gasteiger partial charge on any atom is -0.493 e. The summed E-state index contributed by atoms with van der Waals surface area (Å²) in [7, 11) is 3.21. The van der Waals surface area contributed by atoms with Crippen molar-refractivity contribution in [1.29, 1.82) is 0 Å². The monoisotopic (exact) mass is 322 g/mol. The van der Waals surface area contributed by atoms with Crippen LogP contribution in [-0.4, -0.2) is 19.2 Å². The Labute approximate surface area is 120 Å². The number of benzene rings is 1. The van der Waals surface area contributed by atoms with Crippen molar-refractivity contribution in [3.63, 3.8) is 0 Å². The maximum atomic E-state index is 6.28. The summed E-state index contributed by atoms with van der Waals surface area (Å²) >= 11 is 3.52. The largest absolute Gasteiger partial charge is 0.493 e. The Morgan fingerprint density at radius 1 is 1.11 bits per heavy atom. The molecule has 100 valence electrons. The zero-order chi connectivity index (χ0) is 13.8.